The van der Waals surface area contributed by atoms with Gasteiger partial charge in [-0.15, -0.1) is 0 Å². The summed E-state index contributed by atoms with van der Waals surface area (Å²) in [5.41, 5.74) is 0.277. The van der Waals surface area contributed by atoms with Gasteiger partial charge in [-0.2, -0.15) is 13.2 Å². The van der Waals surface area contributed by atoms with Gasteiger partial charge in [0.05, 0.1) is 11.3 Å². The molecule has 2 aromatic rings. The van der Waals surface area contributed by atoms with E-state index in [-0.39, 0.29) is 10.6 Å². The molecular formula is C14H11F3N2S. The van der Waals surface area contributed by atoms with Gasteiger partial charge in [0.1, 0.15) is 4.99 Å². The Bertz CT molecular complexity index is 624. The number of rotatable bonds is 2. The number of anilines is 1. The van der Waals surface area contributed by atoms with Gasteiger partial charge in [0.15, 0.2) is 0 Å². The number of pyridine rings is 1. The van der Waals surface area contributed by atoms with E-state index in [1.54, 1.807) is 30.5 Å². The average Bonchev–Trinajstić information content (AvgIpc) is 2.40. The monoisotopic (exact) mass is 296 g/mol. The number of nitrogens with one attached hydrogen (secondary N) is 1. The zero-order valence-corrected chi connectivity index (χ0v) is 11.3. The highest BCUT2D eigenvalue weighted by atomic mass is 32.1. The van der Waals surface area contributed by atoms with Gasteiger partial charge in [0, 0.05) is 11.9 Å². The molecular weight excluding hydrogens is 285 g/mol. The molecule has 0 fully saturated rings. The highest BCUT2D eigenvalue weighted by Crippen LogP contribution is 2.34. The first-order chi connectivity index (χ1) is 9.39. The Labute approximate surface area is 119 Å². The lowest BCUT2D eigenvalue weighted by atomic mass is 10.1. The summed E-state index contributed by atoms with van der Waals surface area (Å²) in [6.45, 7) is 1.41. The third kappa shape index (κ3) is 3.14. The van der Waals surface area contributed by atoms with Crippen molar-refractivity contribution in [2.24, 2.45) is 0 Å². The molecule has 0 atom stereocenters. The standard InChI is InChI=1S/C14H11F3N2S/c1-9-10(14(15,16)17)5-4-7-11(9)19-13(20)12-6-2-3-8-18-12/h2-8H,1H3,(H,19,20). The number of hydrogen-bond acceptors (Lipinski definition) is 2. The summed E-state index contributed by atoms with van der Waals surface area (Å²) in [5, 5.41) is 2.81. The Morgan fingerprint density at radius 3 is 2.50 bits per heavy atom. The normalized spacial score (nSPS) is 11.2. The van der Waals surface area contributed by atoms with E-state index in [2.05, 4.69) is 10.3 Å². The van der Waals surface area contributed by atoms with E-state index in [0.29, 0.717) is 11.4 Å². The summed E-state index contributed by atoms with van der Waals surface area (Å²) in [4.78, 5) is 4.33. The van der Waals surface area contributed by atoms with Gasteiger partial charge < -0.3 is 5.32 Å². The lowest BCUT2D eigenvalue weighted by molar-refractivity contribution is -0.138. The molecule has 0 aliphatic heterocycles. The zero-order valence-electron chi connectivity index (χ0n) is 10.5. The van der Waals surface area contributed by atoms with Gasteiger partial charge in [0.25, 0.3) is 0 Å². The maximum absolute atomic E-state index is 12.8. The van der Waals surface area contributed by atoms with Crippen LogP contribution in [0.25, 0.3) is 0 Å². The first-order valence-corrected chi connectivity index (χ1v) is 6.19. The fourth-order valence-corrected chi connectivity index (χ4v) is 1.99. The third-order valence-electron chi connectivity index (χ3n) is 2.78. The molecule has 0 saturated carbocycles. The first kappa shape index (κ1) is 14.5. The smallest absolute Gasteiger partial charge is 0.345 e. The molecule has 0 radical (unpaired) electrons. The molecule has 1 aromatic heterocycles. The molecule has 1 N–H and O–H groups in total. The second-order valence-corrected chi connectivity index (χ2v) is 4.55. The summed E-state index contributed by atoms with van der Waals surface area (Å²) in [5.74, 6) is 0. The molecule has 0 amide bonds. The van der Waals surface area contributed by atoms with E-state index < -0.39 is 11.7 Å². The van der Waals surface area contributed by atoms with Crippen molar-refractivity contribution < 1.29 is 13.2 Å². The number of thiocarbonyl (C=S) groups is 1. The third-order valence-corrected chi connectivity index (χ3v) is 3.10. The van der Waals surface area contributed by atoms with Crippen LogP contribution in [0.2, 0.25) is 0 Å². The van der Waals surface area contributed by atoms with Crippen molar-refractivity contribution in [3.8, 4) is 0 Å². The maximum atomic E-state index is 12.8. The summed E-state index contributed by atoms with van der Waals surface area (Å²) in [6.07, 6.45) is -2.81. The summed E-state index contributed by atoms with van der Waals surface area (Å²) in [7, 11) is 0. The first-order valence-electron chi connectivity index (χ1n) is 5.79. The van der Waals surface area contributed by atoms with Crippen molar-refractivity contribution in [3.63, 3.8) is 0 Å². The van der Waals surface area contributed by atoms with Crippen molar-refractivity contribution in [2.45, 2.75) is 13.1 Å². The van der Waals surface area contributed by atoms with Crippen LogP contribution in [0.1, 0.15) is 16.8 Å². The van der Waals surface area contributed by atoms with Crippen LogP contribution in [-0.4, -0.2) is 9.97 Å². The Hall–Kier alpha value is -1.95. The minimum absolute atomic E-state index is 0.110. The van der Waals surface area contributed by atoms with E-state index in [4.69, 9.17) is 12.2 Å². The second kappa shape index (κ2) is 5.58. The van der Waals surface area contributed by atoms with Gasteiger partial charge in [-0.1, -0.05) is 24.4 Å². The van der Waals surface area contributed by atoms with E-state index in [1.165, 1.54) is 13.0 Å². The van der Waals surface area contributed by atoms with Crippen LogP contribution >= 0.6 is 12.2 Å². The Balaban J connectivity index is 2.29. The van der Waals surface area contributed by atoms with Crippen molar-refractivity contribution in [2.75, 3.05) is 5.32 Å². The van der Waals surface area contributed by atoms with Crippen LogP contribution in [0.4, 0.5) is 18.9 Å². The number of halogens is 3. The predicted molar refractivity (Wildman–Crippen MR) is 75.7 cm³/mol. The Kier molecular flexibility index (Phi) is 4.04. The number of hydrogen-bond donors (Lipinski definition) is 1. The molecule has 2 nitrogen and oxygen atoms in total. The van der Waals surface area contributed by atoms with Crippen molar-refractivity contribution in [3.05, 3.63) is 59.4 Å². The van der Waals surface area contributed by atoms with E-state index in [9.17, 15) is 13.2 Å². The SMILES string of the molecule is Cc1c(NC(=S)c2ccccn2)cccc1C(F)(F)F. The van der Waals surface area contributed by atoms with Crippen molar-refractivity contribution in [1.82, 2.24) is 4.98 Å². The molecule has 104 valence electrons. The van der Waals surface area contributed by atoms with Gasteiger partial charge in [-0.05, 0) is 36.8 Å². The molecule has 0 unspecified atom stereocenters. The zero-order chi connectivity index (χ0) is 14.8. The molecule has 0 spiro atoms. The average molecular weight is 296 g/mol. The number of alkyl halides is 3. The van der Waals surface area contributed by atoms with Gasteiger partial charge in [-0.3, -0.25) is 4.98 Å². The molecule has 1 aromatic carbocycles. The van der Waals surface area contributed by atoms with Crippen LogP contribution < -0.4 is 5.32 Å². The lowest BCUT2D eigenvalue weighted by Gasteiger charge is -2.15. The maximum Gasteiger partial charge on any atom is 0.416 e. The van der Waals surface area contributed by atoms with Crippen LogP contribution in [-0.2, 0) is 6.18 Å². The highest BCUT2D eigenvalue weighted by molar-refractivity contribution is 7.81. The van der Waals surface area contributed by atoms with Crippen LogP contribution in [0.5, 0.6) is 0 Å². The molecule has 20 heavy (non-hydrogen) atoms. The molecule has 0 bridgehead atoms. The van der Waals surface area contributed by atoms with E-state index >= 15 is 0 Å². The predicted octanol–water partition coefficient (Wildman–Crippen LogP) is 4.20. The minimum atomic E-state index is -4.38. The van der Waals surface area contributed by atoms with Crippen LogP contribution in [0.15, 0.2) is 42.6 Å². The summed E-state index contributed by atoms with van der Waals surface area (Å²) < 4.78 is 38.4. The quantitative estimate of drug-likeness (QED) is 0.841. The fourth-order valence-electron chi connectivity index (χ4n) is 1.76. The topological polar surface area (TPSA) is 24.9 Å². The number of benzene rings is 1. The van der Waals surface area contributed by atoms with Gasteiger partial charge in [-0.25, -0.2) is 0 Å². The van der Waals surface area contributed by atoms with Crippen LogP contribution in [0, 0.1) is 6.92 Å². The lowest BCUT2D eigenvalue weighted by Crippen LogP contribution is -2.15. The fraction of sp³-hybridized carbons (Fsp3) is 0.143. The van der Waals surface area contributed by atoms with Gasteiger partial charge >= 0.3 is 6.18 Å². The second-order valence-electron chi connectivity index (χ2n) is 4.14. The van der Waals surface area contributed by atoms with Gasteiger partial charge in [0.2, 0.25) is 0 Å². The minimum Gasteiger partial charge on any atom is -0.345 e. The Morgan fingerprint density at radius 2 is 1.90 bits per heavy atom. The molecule has 6 heteroatoms. The van der Waals surface area contributed by atoms with Crippen LogP contribution in [0.3, 0.4) is 0 Å². The summed E-state index contributed by atoms with van der Waals surface area (Å²) >= 11 is 5.14. The van der Waals surface area contributed by atoms with Crippen molar-refractivity contribution >= 4 is 22.9 Å². The number of aromatic nitrogens is 1. The van der Waals surface area contributed by atoms with E-state index in [0.717, 1.165) is 6.07 Å². The molecule has 2 rings (SSSR count). The number of nitrogens with zero attached hydrogens (tertiary/aromatic N) is 1. The van der Waals surface area contributed by atoms with E-state index in [1.807, 2.05) is 0 Å². The molecule has 0 saturated heterocycles. The Morgan fingerprint density at radius 1 is 1.15 bits per heavy atom. The molecule has 0 aliphatic rings. The highest BCUT2D eigenvalue weighted by Gasteiger charge is 2.32. The molecule has 1 heterocycles. The largest absolute Gasteiger partial charge is 0.416 e. The van der Waals surface area contributed by atoms with Crippen molar-refractivity contribution in [1.29, 1.82) is 0 Å². The molecule has 0 aliphatic carbocycles. The summed E-state index contributed by atoms with van der Waals surface area (Å²) in [6, 6.07) is 9.14.